The average Bonchev–Trinajstić information content (AvgIpc) is 3.18. The molecule has 0 saturated carbocycles. The Kier molecular flexibility index (Phi) is 8.03. The highest BCUT2D eigenvalue weighted by Crippen LogP contribution is 2.35. The summed E-state index contributed by atoms with van der Waals surface area (Å²) in [5.74, 6) is -0.313. The van der Waals surface area contributed by atoms with Crippen LogP contribution in [0.3, 0.4) is 0 Å². The number of amides is 2. The molecular formula is C23H19ClF3N3O4S. The van der Waals surface area contributed by atoms with Crippen molar-refractivity contribution in [2.75, 3.05) is 19.5 Å². The van der Waals surface area contributed by atoms with Gasteiger partial charge >= 0.3 is 6.18 Å². The molecule has 0 radical (unpaired) electrons. The van der Waals surface area contributed by atoms with Gasteiger partial charge in [0.05, 0.1) is 36.6 Å². The number of methoxy groups -OCH3 is 2. The summed E-state index contributed by atoms with van der Waals surface area (Å²) in [7, 11) is 2.92. The molecule has 2 aromatic carbocycles. The highest BCUT2D eigenvalue weighted by atomic mass is 35.5. The number of halogens is 4. The SMILES string of the molecule is COc1ccc(C(=O)Nc2sc(C)cc2C(=O)NN=Cc2ccc(Cl)c(C(F)(F)F)c2)cc1OC. The van der Waals surface area contributed by atoms with Crippen LogP contribution >= 0.6 is 22.9 Å². The van der Waals surface area contributed by atoms with Crippen LogP contribution < -0.4 is 20.2 Å². The Balaban J connectivity index is 1.74. The van der Waals surface area contributed by atoms with E-state index in [0.717, 1.165) is 23.2 Å². The summed E-state index contributed by atoms with van der Waals surface area (Å²) in [6, 6.07) is 9.43. The lowest BCUT2D eigenvalue weighted by atomic mass is 10.1. The fourth-order valence-corrected chi connectivity index (χ4v) is 4.12. The van der Waals surface area contributed by atoms with Gasteiger partial charge in [0.1, 0.15) is 5.00 Å². The minimum atomic E-state index is -4.63. The number of ether oxygens (including phenoxy) is 2. The maximum atomic E-state index is 13.0. The summed E-state index contributed by atoms with van der Waals surface area (Å²) in [5, 5.41) is 6.25. The van der Waals surface area contributed by atoms with Gasteiger partial charge in [-0.3, -0.25) is 9.59 Å². The van der Waals surface area contributed by atoms with Gasteiger partial charge in [-0.05, 0) is 48.9 Å². The number of nitrogens with zero attached hydrogens (tertiary/aromatic N) is 1. The molecule has 12 heteroatoms. The maximum absolute atomic E-state index is 13.0. The van der Waals surface area contributed by atoms with Gasteiger partial charge in [-0.15, -0.1) is 11.3 Å². The summed E-state index contributed by atoms with van der Waals surface area (Å²) in [4.78, 5) is 26.1. The second kappa shape index (κ2) is 10.8. The van der Waals surface area contributed by atoms with E-state index in [2.05, 4.69) is 15.8 Å². The second-order valence-corrected chi connectivity index (χ2v) is 8.72. The van der Waals surface area contributed by atoms with E-state index in [4.69, 9.17) is 21.1 Å². The van der Waals surface area contributed by atoms with Crippen LogP contribution in [0.4, 0.5) is 18.2 Å². The highest BCUT2D eigenvalue weighted by molar-refractivity contribution is 7.16. The number of nitrogens with one attached hydrogen (secondary N) is 2. The lowest BCUT2D eigenvalue weighted by Gasteiger charge is -2.10. The molecule has 184 valence electrons. The van der Waals surface area contributed by atoms with E-state index in [1.807, 2.05) is 0 Å². The number of thiophene rings is 1. The Bertz CT molecular complexity index is 1290. The summed E-state index contributed by atoms with van der Waals surface area (Å²) < 4.78 is 49.4. The number of hydrogen-bond donors (Lipinski definition) is 2. The highest BCUT2D eigenvalue weighted by Gasteiger charge is 2.33. The van der Waals surface area contributed by atoms with Crippen LogP contribution in [0.1, 0.15) is 36.7 Å². The van der Waals surface area contributed by atoms with Gasteiger partial charge in [0.15, 0.2) is 11.5 Å². The molecule has 1 heterocycles. The molecule has 0 saturated heterocycles. The molecule has 0 aliphatic rings. The zero-order valence-corrected chi connectivity index (χ0v) is 20.2. The number of anilines is 1. The number of hydrogen-bond acceptors (Lipinski definition) is 6. The number of rotatable bonds is 7. The molecule has 0 aliphatic heterocycles. The van der Waals surface area contributed by atoms with E-state index in [1.165, 1.54) is 37.7 Å². The molecule has 35 heavy (non-hydrogen) atoms. The van der Waals surface area contributed by atoms with Crippen LogP contribution in [0.25, 0.3) is 0 Å². The van der Waals surface area contributed by atoms with Crippen LogP contribution in [0, 0.1) is 6.92 Å². The van der Waals surface area contributed by atoms with Gasteiger partial charge in [0.2, 0.25) is 0 Å². The average molecular weight is 526 g/mol. The number of aryl methyl sites for hydroxylation is 1. The van der Waals surface area contributed by atoms with E-state index in [-0.39, 0.29) is 21.7 Å². The first-order valence-corrected chi connectivity index (χ1v) is 11.1. The van der Waals surface area contributed by atoms with Crippen molar-refractivity contribution in [2.24, 2.45) is 5.10 Å². The molecule has 0 aliphatic carbocycles. The molecule has 7 nitrogen and oxygen atoms in total. The molecule has 1 aromatic heterocycles. The first-order valence-electron chi connectivity index (χ1n) is 9.87. The predicted octanol–water partition coefficient (Wildman–Crippen LogP) is 5.76. The van der Waals surface area contributed by atoms with Crippen molar-refractivity contribution in [2.45, 2.75) is 13.1 Å². The number of hydrazone groups is 1. The molecule has 2 amide bonds. The topological polar surface area (TPSA) is 89.0 Å². The van der Waals surface area contributed by atoms with Gasteiger partial charge in [-0.2, -0.15) is 18.3 Å². The standard InChI is InChI=1S/C23H19ClF3N3O4S/c1-12-8-15(21(32)30-28-11-13-4-6-17(24)16(9-13)23(25,26)27)22(35-12)29-20(31)14-5-7-18(33-2)19(10-14)34-3/h4-11H,1-3H3,(H,29,31)(H,30,32). The molecule has 0 bridgehead atoms. The van der Waals surface area contributed by atoms with Crippen LogP contribution in [0.15, 0.2) is 47.6 Å². The van der Waals surface area contributed by atoms with Gasteiger partial charge in [-0.25, -0.2) is 5.43 Å². The van der Waals surface area contributed by atoms with Crippen molar-refractivity contribution in [1.29, 1.82) is 0 Å². The van der Waals surface area contributed by atoms with Crippen molar-refractivity contribution >= 4 is 46.0 Å². The third-order valence-corrected chi connectivity index (χ3v) is 5.94. The number of alkyl halides is 3. The minimum absolute atomic E-state index is 0.0884. The van der Waals surface area contributed by atoms with Crippen molar-refractivity contribution in [3.63, 3.8) is 0 Å². The van der Waals surface area contributed by atoms with Gasteiger partial charge in [0.25, 0.3) is 11.8 Å². The third kappa shape index (κ3) is 6.31. The Morgan fingerprint density at radius 2 is 1.74 bits per heavy atom. The molecule has 0 atom stereocenters. The minimum Gasteiger partial charge on any atom is -0.493 e. The van der Waals surface area contributed by atoms with Crippen molar-refractivity contribution in [3.8, 4) is 11.5 Å². The predicted molar refractivity (Wildman–Crippen MR) is 128 cm³/mol. The molecule has 3 rings (SSSR count). The molecule has 0 unspecified atom stereocenters. The lowest BCUT2D eigenvalue weighted by Crippen LogP contribution is -2.20. The van der Waals surface area contributed by atoms with E-state index >= 15 is 0 Å². The van der Waals surface area contributed by atoms with Gasteiger partial charge in [0, 0.05) is 10.4 Å². The summed E-state index contributed by atoms with van der Waals surface area (Å²) in [6.07, 6.45) is -3.57. The van der Waals surface area contributed by atoms with Crippen molar-refractivity contribution in [3.05, 3.63) is 74.6 Å². The summed E-state index contributed by atoms with van der Waals surface area (Å²) in [5.41, 5.74) is 1.76. The number of carbonyl (C=O) groups excluding carboxylic acids is 2. The quantitative estimate of drug-likeness (QED) is 0.303. The summed E-state index contributed by atoms with van der Waals surface area (Å²) >= 11 is 6.78. The molecule has 2 N–H and O–H groups in total. The number of benzene rings is 2. The first-order chi connectivity index (χ1) is 16.5. The van der Waals surface area contributed by atoms with Crippen LogP contribution in [-0.2, 0) is 6.18 Å². The Hall–Kier alpha value is -3.57. The fourth-order valence-electron chi connectivity index (χ4n) is 2.99. The van der Waals surface area contributed by atoms with E-state index in [9.17, 15) is 22.8 Å². The Morgan fingerprint density at radius 1 is 1.03 bits per heavy atom. The monoisotopic (exact) mass is 525 g/mol. The molecule has 0 fully saturated rings. The van der Waals surface area contributed by atoms with E-state index < -0.39 is 28.6 Å². The third-order valence-electron chi connectivity index (χ3n) is 4.65. The second-order valence-electron chi connectivity index (χ2n) is 7.06. The summed E-state index contributed by atoms with van der Waals surface area (Å²) in [6.45, 7) is 1.75. The smallest absolute Gasteiger partial charge is 0.417 e. The molecular weight excluding hydrogens is 507 g/mol. The zero-order chi connectivity index (χ0) is 25.8. The lowest BCUT2D eigenvalue weighted by molar-refractivity contribution is -0.137. The normalized spacial score (nSPS) is 11.4. The number of carbonyl (C=O) groups is 2. The maximum Gasteiger partial charge on any atom is 0.417 e. The zero-order valence-electron chi connectivity index (χ0n) is 18.6. The first kappa shape index (κ1) is 26.0. The van der Waals surface area contributed by atoms with Crippen LogP contribution in [0.5, 0.6) is 11.5 Å². The molecule has 3 aromatic rings. The van der Waals surface area contributed by atoms with Gasteiger partial charge < -0.3 is 14.8 Å². The van der Waals surface area contributed by atoms with E-state index in [0.29, 0.717) is 11.5 Å². The van der Waals surface area contributed by atoms with Crippen LogP contribution in [0.2, 0.25) is 5.02 Å². The Labute approximate surface area is 207 Å². The van der Waals surface area contributed by atoms with E-state index in [1.54, 1.807) is 25.1 Å². The Morgan fingerprint density at radius 3 is 2.40 bits per heavy atom. The van der Waals surface area contributed by atoms with Crippen molar-refractivity contribution < 1.29 is 32.2 Å². The molecule has 0 spiro atoms. The van der Waals surface area contributed by atoms with Crippen molar-refractivity contribution in [1.82, 2.24) is 5.43 Å². The fraction of sp³-hybridized carbons (Fsp3) is 0.174. The van der Waals surface area contributed by atoms with Gasteiger partial charge in [-0.1, -0.05) is 17.7 Å². The largest absolute Gasteiger partial charge is 0.493 e. The van der Waals surface area contributed by atoms with Crippen LogP contribution in [-0.4, -0.2) is 32.2 Å².